The van der Waals surface area contributed by atoms with Gasteiger partial charge in [-0.25, -0.2) is 0 Å². The van der Waals surface area contributed by atoms with Crippen LogP contribution >= 0.6 is 0 Å². The number of ether oxygens (including phenoxy) is 1. The van der Waals surface area contributed by atoms with Crippen LogP contribution < -0.4 is 5.32 Å². The van der Waals surface area contributed by atoms with E-state index in [2.05, 4.69) is 5.32 Å². The number of hydrogen-bond donors (Lipinski definition) is 1. The molecule has 1 heterocycles. The Morgan fingerprint density at radius 1 is 1.42 bits per heavy atom. The van der Waals surface area contributed by atoms with Gasteiger partial charge in [0.2, 0.25) is 0 Å². The van der Waals surface area contributed by atoms with Crippen molar-refractivity contribution < 1.29 is 17.9 Å². The molecule has 1 N–H and O–H groups in total. The minimum absolute atomic E-state index is 0.0210. The lowest BCUT2D eigenvalue weighted by Gasteiger charge is -2.11. The third kappa shape index (κ3) is 3.92. The summed E-state index contributed by atoms with van der Waals surface area (Å²) >= 11 is 0. The molecule has 0 spiro atoms. The van der Waals surface area contributed by atoms with Crippen LogP contribution in [0.1, 0.15) is 12.8 Å². The number of hydrogen-bond acceptors (Lipinski definition) is 2. The molecule has 0 aliphatic carbocycles. The van der Waals surface area contributed by atoms with Crippen LogP contribution in [0.5, 0.6) is 0 Å². The van der Waals surface area contributed by atoms with E-state index in [-0.39, 0.29) is 6.10 Å². The first-order valence-electron chi connectivity index (χ1n) is 3.97. The fourth-order valence-electron chi connectivity index (χ4n) is 1.18. The minimum atomic E-state index is -4.11. The second-order valence-corrected chi connectivity index (χ2v) is 2.88. The lowest BCUT2D eigenvalue weighted by Crippen LogP contribution is -2.34. The van der Waals surface area contributed by atoms with Gasteiger partial charge in [-0.15, -0.1) is 0 Å². The van der Waals surface area contributed by atoms with Crippen LogP contribution in [0, 0.1) is 0 Å². The van der Waals surface area contributed by atoms with Crippen LogP contribution in [0.15, 0.2) is 0 Å². The van der Waals surface area contributed by atoms with Gasteiger partial charge in [-0.1, -0.05) is 0 Å². The number of rotatable bonds is 3. The molecule has 0 amide bonds. The molecule has 12 heavy (non-hydrogen) atoms. The summed E-state index contributed by atoms with van der Waals surface area (Å²) in [5.41, 5.74) is 0. The molecule has 0 aromatic rings. The predicted octanol–water partition coefficient (Wildman–Crippen LogP) is 1.32. The first kappa shape index (κ1) is 9.80. The zero-order valence-electron chi connectivity index (χ0n) is 6.66. The van der Waals surface area contributed by atoms with Gasteiger partial charge in [-0.2, -0.15) is 13.2 Å². The molecule has 1 unspecified atom stereocenters. The Balaban J connectivity index is 2.02. The fraction of sp³-hybridized carbons (Fsp3) is 1.00. The first-order chi connectivity index (χ1) is 5.58. The number of alkyl halides is 3. The van der Waals surface area contributed by atoms with E-state index in [1.165, 1.54) is 0 Å². The van der Waals surface area contributed by atoms with E-state index >= 15 is 0 Å². The molecule has 0 radical (unpaired) electrons. The van der Waals surface area contributed by atoms with Crippen molar-refractivity contribution in [1.29, 1.82) is 0 Å². The van der Waals surface area contributed by atoms with E-state index in [0.29, 0.717) is 13.2 Å². The molecule has 1 aliphatic heterocycles. The monoisotopic (exact) mass is 183 g/mol. The van der Waals surface area contributed by atoms with Crippen molar-refractivity contribution >= 4 is 0 Å². The molecule has 5 heteroatoms. The van der Waals surface area contributed by atoms with Gasteiger partial charge in [0.15, 0.2) is 0 Å². The standard InChI is InChI=1S/C7H12F3NO/c8-7(9,10)5-11-4-6-2-1-3-12-6/h6,11H,1-5H2. The highest BCUT2D eigenvalue weighted by Gasteiger charge is 2.27. The van der Waals surface area contributed by atoms with Gasteiger partial charge in [-0.05, 0) is 12.8 Å². The van der Waals surface area contributed by atoms with Crippen molar-refractivity contribution in [2.75, 3.05) is 19.7 Å². The summed E-state index contributed by atoms with van der Waals surface area (Å²) in [6.07, 6.45) is -2.31. The van der Waals surface area contributed by atoms with Crippen LogP contribution in [0.4, 0.5) is 13.2 Å². The third-order valence-electron chi connectivity index (χ3n) is 1.72. The second kappa shape index (κ2) is 4.09. The number of halogens is 3. The molecule has 0 aromatic heterocycles. The van der Waals surface area contributed by atoms with Crippen LogP contribution in [0.2, 0.25) is 0 Å². The summed E-state index contributed by atoms with van der Waals surface area (Å²) in [5.74, 6) is 0. The highest BCUT2D eigenvalue weighted by atomic mass is 19.4. The molecule has 1 rings (SSSR count). The summed E-state index contributed by atoms with van der Waals surface area (Å²) in [7, 11) is 0. The van der Waals surface area contributed by atoms with E-state index in [1.807, 2.05) is 0 Å². The molecule has 1 fully saturated rings. The van der Waals surface area contributed by atoms with E-state index in [9.17, 15) is 13.2 Å². The Hall–Kier alpha value is -0.290. The van der Waals surface area contributed by atoms with Crippen molar-refractivity contribution in [2.45, 2.75) is 25.1 Å². The SMILES string of the molecule is FC(F)(F)CNCC1CCCO1. The predicted molar refractivity (Wildman–Crippen MR) is 37.9 cm³/mol. The molecular weight excluding hydrogens is 171 g/mol. The zero-order chi connectivity index (χ0) is 9.03. The van der Waals surface area contributed by atoms with Crippen molar-refractivity contribution in [3.05, 3.63) is 0 Å². The largest absolute Gasteiger partial charge is 0.401 e. The summed E-state index contributed by atoms with van der Waals surface area (Å²) in [5, 5.41) is 2.32. The van der Waals surface area contributed by atoms with E-state index in [1.54, 1.807) is 0 Å². The fourth-order valence-corrected chi connectivity index (χ4v) is 1.18. The topological polar surface area (TPSA) is 21.3 Å². The zero-order valence-corrected chi connectivity index (χ0v) is 6.66. The molecule has 0 saturated carbocycles. The van der Waals surface area contributed by atoms with Gasteiger partial charge in [0.1, 0.15) is 0 Å². The Morgan fingerprint density at radius 3 is 2.67 bits per heavy atom. The lowest BCUT2D eigenvalue weighted by molar-refractivity contribution is -0.125. The highest BCUT2D eigenvalue weighted by molar-refractivity contribution is 4.68. The summed E-state index contributed by atoms with van der Waals surface area (Å²) in [6.45, 7) is 0.0603. The number of nitrogens with one attached hydrogen (secondary N) is 1. The van der Waals surface area contributed by atoms with Crippen molar-refractivity contribution in [1.82, 2.24) is 5.32 Å². The van der Waals surface area contributed by atoms with Crippen LogP contribution in [0.3, 0.4) is 0 Å². The van der Waals surface area contributed by atoms with Gasteiger partial charge < -0.3 is 10.1 Å². The maximum absolute atomic E-state index is 11.6. The highest BCUT2D eigenvalue weighted by Crippen LogP contribution is 2.14. The quantitative estimate of drug-likeness (QED) is 0.712. The molecule has 1 saturated heterocycles. The van der Waals surface area contributed by atoms with Crippen molar-refractivity contribution in [3.63, 3.8) is 0 Å². The van der Waals surface area contributed by atoms with E-state index < -0.39 is 12.7 Å². The van der Waals surface area contributed by atoms with Crippen LogP contribution in [-0.2, 0) is 4.74 Å². The Labute approximate surface area is 69.1 Å². The Bertz CT molecular complexity index is 131. The molecule has 1 aliphatic rings. The minimum Gasteiger partial charge on any atom is -0.377 e. The normalized spacial score (nSPS) is 24.8. The Morgan fingerprint density at radius 2 is 2.17 bits per heavy atom. The van der Waals surface area contributed by atoms with E-state index in [4.69, 9.17) is 4.74 Å². The average Bonchev–Trinajstić information content (AvgIpc) is 2.36. The van der Waals surface area contributed by atoms with Gasteiger partial charge in [0.05, 0.1) is 12.6 Å². The maximum atomic E-state index is 11.6. The summed E-state index contributed by atoms with van der Waals surface area (Å²) in [4.78, 5) is 0. The molecule has 1 atom stereocenters. The smallest absolute Gasteiger partial charge is 0.377 e. The molecule has 2 nitrogen and oxygen atoms in total. The molecule has 0 bridgehead atoms. The summed E-state index contributed by atoms with van der Waals surface area (Å²) in [6, 6.07) is 0. The van der Waals surface area contributed by atoms with Gasteiger partial charge in [0.25, 0.3) is 0 Å². The molecule has 0 aromatic carbocycles. The van der Waals surface area contributed by atoms with Gasteiger partial charge in [0, 0.05) is 13.2 Å². The van der Waals surface area contributed by atoms with Crippen LogP contribution in [-0.4, -0.2) is 32.0 Å². The molecular formula is C7H12F3NO. The van der Waals surface area contributed by atoms with Gasteiger partial charge >= 0.3 is 6.18 Å². The van der Waals surface area contributed by atoms with Crippen molar-refractivity contribution in [2.24, 2.45) is 0 Å². The third-order valence-corrected chi connectivity index (χ3v) is 1.72. The first-order valence-corrected chi connectivity index (χ1v) is 3.97. The Kier molecular flexibility index (Phi) is 3.34. The molecule has 72 valence electrons. The second-order valence-electron chi connectivity index (χ2n) is 2.88. The summed E-state index contributed by atoms with van der Waals surface area (Å²) < 4.78 is 40.0. The van der Waals surface area contributed by atoms with Crippen LogP contribution in [0.25, 0.3) is 0 Å². The lowest BCUT2D eigenvalue weighted by atomic mass is 10.2. The van der Waals surface area contributed by atoms with E-state index in [0.717, 1.165) is 12.8 Å². The average molecular weight is 183 g/mol. The van der Waals surface area contributed by atoms with Crippen molar-refractivity contribution in [3.8, 4) is 0 Å². The maximum Gasteiger partial charge on any atom is 0.401 e. The van der Waals surface area contributed by atoms with Gasteiger partial charge in [-0.3, -0.25) is 0 Å².